The Morgan fingerprint density at radius 3 is 2.81 bits per heavy atom. The minimum atomic E-state index is 0.0351. The topological polar surface area (TPSA) is 50.4 Å². The third-order valence-corrected chi connectivity index (χ3v) is 4.06. The standard InChI is InChI=1S/C12H20N2O2/c15-12(9-3-1-2-6-13-9)14-10-7-8-4-5-11(10)16-8/h8-11,13H,1-7H2,(H,14,15). The van der Waals surface area contributed by atoms with Crippen LogP contribution >= 0.6 is 0 Å². The average molecular weight is 224 g/mol. The number of ether oxygens (including phenoxy) is 1. The molecule has 3 saturated heterocycles. The van der Waals surface area contributed by atoms with E-state index in [1.165, 1.54) is 12.8 Å². The highest BCUT2D eigenvalue weighted by molar-refractivity contribution is 5.82. The van der Waals surface area contributed by atoms with Crippen molar-refractivity contribution in [1.29, 1.82) is 0 Å². The number of hydrogen-bond donors (Lipinski definition) is 2. The largest absolute Gasteiger partial charge is 0.373 e. The van der Waals surface area contributed by atoms with Gasteiger partial charge in [0.25, 0.3) is 0 Å². The first-order valence-corrected chi connectivity index (χ1v) is 6.52. The number of hydrogen-bond acceptors (Lipinski definition) is 3. The molecule has 4 atom stereocenters. The Bertz CT molecular complexity index is 276. The van der Waals surface area contributed by atoms with Crippen LogP contribution in [0.2, 0.25) is 0 Å². The molecule has 16 heavy (non-hydrogen) atoms. The summed E-state index contributed by atoms with van der Waals surface area (Å²) in [7, 11) is 0. The number of amides is 1. The van der Waals surface area contributed by atoms with Crippen molar-refractivity contribution in [3.05, 3.63) is 0 Å². The van der Waals surface area contributed by atoms with Crippen molar-refractivity contribution in [2.75, 3.05) is 6.54 Å². The Labute approximate surface area is 96.1 Å². The summed E-state index contributed by atoms with van der Waals surface area (Å²) in [6.45, 7) is 0.977. The molecule has 4 unspecified atom stereocenters. The highest BCUT2D eigenvalue weighted by Crippen LogP contribution is 2.34. The van der Waals surface area contributed by atoms with Crippen molar-refractivity contribution in [3.63, 3.8) is 0 Å². The Balaban J connectivity index is 1.52. The van der Waals surface area contributed by atoms with Crippen molar-refractivity contribution in [2.24, 2.45) is 0 Å². The van der Waals surface area contributed by atoms with Crippen LogP contribution in [0.3, 0.4) is 0 Å². The van der Waals surface area contributed by atoms with Crippen LogP contribution in [-0.4, -0.2) is 36.7 Å². The molecular formula is C12H20N2O2. The Morgan fingerprint density at radius 1 is 1.25 bits per heavy atom. The summed E-state index contributed by atoms with van der Waals surface area (Å²) in [5.74, 6) is 0.181. The van der Waals surface area contributed by atoms with Crippen LogP contribution in [0.4, 0.5) is 0 Å². The first-order chi connectivity index (χ1) is 7.83. The zero-order chi connectivity index (χ0) is 11.0. The first kappa shape index (κ1) is 10.5. The van der Waals surface area contributed by atoms with Crippen LogP contribution in [0.25, 0.3) is 0 Å². The van der Waals surface area contributed by atoms with Gasteiger partial charge in [-0.15, -0.1) is 0 Å². The van der Waals surface area contributed by atoms with E-state index in [0.717, 1.165) is 32.2 Å². The van der Waals surface area contributed by atoms with Crippen LogP contribution in [0.1, 0.15) is 38.5 Å². The Kier molecular flexibility index (Phi) is 2.86. The fraction of sp³-hybridized carbons (Fsp3) is 0.917. The molecule has 4 heteroatoms. The van der Waals surface area contributed by atoms with Gasteiger partial charge in [0.15, 0.2) is 0 Å². The molecule has 3 heterocycles. The smallest absolute Gasteiger partial charge is 0.237 e. The fourth-order valence-corrected chi connectivity index (χ4v) is 3.15. The van der Waals surface area contributed by atoms with E-state index in [9.17, 15) is 4.79 Å². The molecule has 3 aliphatic heterocycles. The quantitative estimate of drug-likeness (QED) is 0.721. The van der Waals surface area contributed by atoms with Gasteiger partial charge in [-0.05, 0) is 38.6 Å². The van der Waals surface area contributed by atoms with Gasteiger partial charge in [0.2, 0.25) is 5.91 Å². The zero-order valence-electron chi connectivity index (χ0n) is 9.58. The monoisotopic (exact) mass is 224 g/mol. The third kappa shape index (κ3) is 1.96. The van der Waals surface area contributed by atoms with E-state index in [0.29, 0.717) is 6.10 Å². The lowest BCUT2D eigenvalue weighted by molar-refractivity contribution is -0.124. The van der Waals surface area contributed by atoms with Crippen LogP contribution in [0.15, 0.2) is 0 Å². The Morgan fingerprint density at radius 2 is 2.19 bits per heavy atom. The molecule has 90 valence electrons. The molecule has 0 aromatic rings. The number of rotatable bonds is 2. The van der Waals surface area contributed by atoms with E-state index in [1.54, 1.807) is 0 Å². The molecule has 4 nitrogen and oxygen atoms in total. The SMILES string of the molecule is O=C(NC1CC2CCC1O2)C1CCCCN1. The van der Waals surface area contributed by atoms with E-state index < -0.39 is 0 Å². The minimum absolute atomic E-state index is 0.0351. The van der Waals surface area contributed by atoms with Gasteiger partial charge >= 0.3 is 0 Å². The number of carbonyl (C=O) groups excluding carboxylic acids is 1. The normalized spacial score (nSPS) is 42.2. The summed E-state index contributed by atoms with van der Waals surface area (Å²) in [6, 6.07) is 0.308. The van der Waals surface area contributed by atoms with Crippen LogP contribution < -0.4 is 10.6 Å². The maximum atomic E-state index is 12.0. The van der Waals surface area contributed by atoms with Gasteiger partial charge in [-0.25, -0.2) is 0 Å². The lowest BCUT2D eigenvalue weighted by Gasteiger charge is -2.26. The molecule has 2 N–H and O–H groups in total. The summed E-state index contributed by atoms with van der Waals surface area (Å²) < 4.78 is 5.74. The van der Waals surface area contributed by atoms with Crippen molar-refractivity contribution in [3.8, 4) is 0 Å². The molecule has 3 aliphatic rings. The van der Waals surface area contributed by atoms with Gasteiger partial charge in [0, 0.05) is 0 Å². The van der Waals surface area contributed by atoms with Gasteiger partial charge in [-0.3, -0.25) is 4.79 Å². The van der Waals surface area contributed by atoms with Crippen LogP contribution in [-0.2, 0) is 9.53 Å². The van der Waals surface area contributed by atoms with Crippen molar-refractivity contribution >= 4 is 5.91 Å². The van der Waals surface area contributed by atoms with Gasteiger partial charge in [-0.1, -0.05) is 6.42 Å². The van der Waals surface area contributed by atoms with Gasteiger partial charge in [0.05, 0.1) is 24.3 Å². The second kappa shape index (κ2) is 4.34. The number of fused-ring (bicyclic) bond motifs is 2. The molecule has 3 rings (SSSR count). The average Bonchev–Trinajstić information content (AvgIpc) is 2.92. The number of carbonyl (C=O) groups is 1. The molecule has 3 fully saturated rings. The van der Waals surface area contributed by atoms with Crippen LogP contribution in [0, 0.1) is 0 Å². The predicted molar refractivity (Wildman–Crippen MR) is 60.1 cm³/mol. The zero-order valence-corrected chi connectivity index (χ0v) is 9.58. The maximum Gasteiger partial charge on any atom is 0.237 e. The highest BCUT2D eigenvalue weighted by atomic mass is 16.5. The predicted octanol–water partition coefficient (Wildman–Crippen LogP) is 0.565. The molecule has 0 aromatic heterocycles. The molecule has 0 aromatic carbocycles. The molecule has 1 amide bonds. The lowest BCUT2D eigenvalue weighted by atomic mass is 9.95. The number of nitrogens with one attached hydrogen (secondary N) is 2. The maximum absolute atomic E-state index is 12.0. The minimum Gasteiger partial charge on any atom is -0.373 e. The summed E-state index contributed by atoms with van der Waals surface area (Å²) in [6.07, 6.45) is 7.36. The van der Waals surface area contributed by atoms with E-state index >= 15 is 0 Å². The summed E-state index contributed by atoms with van der Waals surface area (Å²) in [5, 5.41) is 6.44. The molecular weight excluding hydrogens is 204 g/mol. The number of piperidine rings is 1. The van der Waals surface area contributed by atoms with Crippen molar-refractivity contribution in [2.45, 2.75) is 62.8 Å². The van der Waals surface area contributed by atoms with Gasteiger partial charge < -0.3 is 15.4 Å². The molecule has 0 saturated carbocycles. The highest BCUT2D eigenvalue weighted by Gasteiger charge is 2.41. The molecule has 0 aliphatic carbocycles. The first-order valence-electron chi connectivity index (χ1n) is 6.52. The second-order valence-electron chi connectivity index (χ2n) is 5.23. The third-order valence-electron chi connectivity index (χ3n) is 4.06. The summed E-state index contributed by atoms with van der Waals surface area (Å²) in [5.41, 5.74) is 0. The Hall–Kier alpha value is -0.610. The fourth-order valence-electron chi connectivity index (χ4n) is 3.15. The lowest BCUT2D eigenvalue weighted by Crippen LogP contribution is -2.51. The van der Waals surface area contributed by atoms with Gasteiger partial charge in [0.1, 0.15) is 0 Å². The van der Waals surface area contributed by atoms with Crippen molar-refractivity contribution in [1.82, 2.24) is 10.6 Å². The van der Waals surface area contributed by atoms with Gasteiger partial charge in [-0.2, -0.15) is 0 Å². The van der Waals surface area contributed by atoms with Crippen molar-refractivity contribution < 1.29 is 9.53 Å². The van der Waals surface area contributed by atoms with E-state index in [1.807, 2.05) is 0 Å². The molecule has 0 spiro atoms. The molecule has 2 bridgehead atoms. The van der Waals surface area contributed by atoms with E-state index in [4.69, 9.17) is 4.74 Å². The summed E-state index contributed by atoms with van der Waals surface area (Å²) >= 11 is 0. The molecule has 0 radical (unpaired) electrons. The van der Waals surface area contributed by atoms with E-state index in [-0.39, 0.29) is 24.1 Å². The second-order valence-corrected chi connectivity index (χ2v) is 5.23. The van der Waals surface area contributed by atoms with E-state index in [2.05, 4.69) is 10.6 Å². The van der Waals surface area contributed by atoms with Crippen LogP contribution in [0.5, 0.6) is 0 Å². The summed E-state index contributed by atoms with van der Waals surface area (Å²) in [4.78, 5) is 12.0.